The number of carbonyl (C=O) groups excluding carboxylic acids is 2. The van der Waals surface area contributed by atoms with Crippen molar-refractivity contribution in [1.82, 2.24) is 5.32 Å². The maximum absolute atomic E-state index is 11.5. The second-order valence-corrected chi connectivity index (χ2v) is 8.82. The molecular formula is C16H31NO6Si. The maximum Gasteiger partial charge on any atom is 0.407 e. The van der Waals surface area contributed by atoms with Crippen molar-refractivity contribution in [2.75, 3.05) is 33.0 Å². The number of hydrogen-bond acceptors (Lipinski definition) is 6. The van der Waals surface area contributed by atoms with E-state index in [0.717, 1.165) is 12.1 Å². The second-order valence-electron chi connectivity index (χ2n) is 5.21. The SMILES string of the molecule is C=C(C)C(=O)OCCNC(=O)OCCC[Si](CC)(OCC)OCC. The number of esters is 1. The third-order valence-corrected chi connectivity index (χ3v) is 7.06. The van der Waals surface area contributed by atoms with Gasteiger partial charge in [0.25, 0.3) is 0 Å². The van der Waals surface area contributed by atoms with Gasteiger partial charge in [-0.15, -0.1) is 0 Å². The molecule has 1 N–H and O–H groups in total. The molecule has 0 aliphatic heterocycles. The van der Waals surface area contributed by atoms with Crippen molar-refractivity contribution in [1.29, 1.82) is 0 Å². The van der Waals surface area contributed by atoms with Crippen LogP contribution in [0.1, 0.15) is 34.1 Å². The van der Waals surface area contributed by atoms with Crippen molar-refractivity contribution in [2.45, 2.75) is 46.2 Å². The first-order chi connectivity index (χ1) is 11.4. The van der Waals surface area contributed by atoms with Gasteiger partial charge in [0, 0.05) is 18.8 Å². The van der Waals surface area contributed by atoms with Gasteiger partial charge < -0.3 is 23.6 Å². The van der Waals surface area contributed by atoms with E-state index in [0.29, 0.717) is 31.8 Å². The van der Waals surface area contributed by atoms with Gasteiger partial charge in [-0.25, -0.2) is 9.59 Å². The Labute approximate surface area is 145 Å². The van der Waals surface area contributed by atoms with E-state index >= 15 is 0 Å². The van der Waals surface area contributed by atoms with Crippen LogP contribution in [0.25, 0.3) is 0 Å². The quantitative estimate of drug-likeness (QED) is 0.235. The van der Waals surface area contributed by atoms with Crippen molar-refractivity contribution < 1.29 is 27.9 Å². The molecule has 0 saturated carbocycles. The summed E-state index contributed by atoms with van der Waals surface area (Å²) >= 11 is 0. The Bertz CT molecular complexity index is 396. The standard InChI is InChI=1S/C16H31NO6Si/c1-6-22-24(8-3,23-7-2)13-9-11-21-16(19)17-10-12-20-15(18)14(4)5/h4,6-13H2,1-3,5H3,(H,17,19). The molecule has 0 spiro atoms. The van der Waals surface area contributed by atoms with E-state index in [1.807, 2.05) is 13.8 Å². The van der Waals surface area contributed by atoms with E-state index in [4.69, 9.17) is 18.3 Å². The van der Waals surface area contributed by atoms with Crippen molar-refractivity contribution in [2.24, 2.45) is 0 Å². The predicted molar refractivity (Wildman–Crippen MR) is 94.0 cm³/mol. The minimum absolute atomic E-state index is 0.0847. The normalized spacial score (nSPS) is 11.0. The van der Waals surface area contributed by atoms with Crippen LogP contribution in [0.15, 0.2) is 12.2 Å². The maximum atomic E-state index is 11.5. The highest BCUT2D eigenvalue weighted by Gasteiger charge is 2.34. The van der Waals surface area contributed by atoms with E-state index in [9.17, 15) is 9.59 Å². The van der Waals surface area contributed by atoms with Crippen LogP contribution < -0.4 is 5.32 Å². The molecule has 0 fully saturated rings. The molecule has 0 unspecified atom stereocenters. The Morgan fingerprint density at radius 1 is 1.04 bits per heavy atom. The van der Waals surface area contributed by atoms with Gasteiger partial charge in [0.2, 0.25) is 0 Å². The third-order valence-electron chi connectivity index (χ3n) is 3.24. The van der Waals surface area contributed by atoms with Gasteiger partial charge in [0.05, 0.1) is 13.2 Å². The Kier molecular flexibility index (Phi) is 12.2. The first-order valence-corrected chi connectivity index (χ1v) is 10.6. The minimum atomic E-state index is -2.17. The summed E-state index contributed by atoms with van der Waals surface area (Å²) in [6, 6.07) is 1.66. The lowest BCUT2D eigenvalue weighted by Gasteiger charge is -2.28. The number of amides is 1. The van der Waals surface area contributed by atoms with Crippen LogP contribution in [0.5, 0.6) is 0 Å². The van der Waals surface area contributed by atoms with Gasteiger partial charge >= 0.3 is 20.6 Å². The summed E-state index contributed by atoms with van der Waals surface area (Å²) < 4.78 is 21.7. The average Bonchev–Trinajstić information content (AvgIpc) is 2.55. The summed E-state index contributed by atoms with van der Waals surface area (Å²) in [5.74, 6) is -0.474. The van der Waals surface area contributed by atoms with Gasteiger partial charge in [-0.2, -0.15) is 0 Å². The minimum Gasteiger partial charge on any atom is -0.460 e. The number of hydrogen-bond donors (Lipinski definition) is 1. The summed E-state index contributed by atoms with van der Waals surface area (Å²) in [7, 11) is -2.17. The average molecular weight is 362 g/mol. The molecule has 0 aliphatic carbocycles. The van der Waals surface area contributed by atoms with E-state index in [1.165, 1.54) is 0 Å². The molecule has 0 bridgehead atoms. The topological polar surface area (TPSA) is 83.1 Å². The van der Waals surface area contributed by atoms with Crippen molar-refractivity contribution in [3.8, 4) is 0 Å². The highest BCUT2D eigenvalue weighted by atomic mass is 28.4. The van der Waals surface area contributed by atoms with Gasteiger partial charge in [-0.05, 0) is 39.3 Å². The fourth-order valence-electron chi connectivity index (χ4n) is 2.07. The van der Waals surface area contributed by atoms with Gasteiger partial charge in [-0.3, -0.25) is 0 Å². The molecule has 24 heavy (non-hydrogen) atoms. The van der Waals surface area contributed by atoms with Crippen LogP contribution >= 0.6 is 0 Å². The smallest absolute Gasteiger partial charge is 0.407 e. The molecular weight excluding hydrogens is 330 g/mol. The molecule has 8 heteroatoms. The zero-order chi connectivity index (χ0) is 18.4. The largest absolute Gasteiger partial charge is 0.460 e. The Balaban J connectivity index is 3.90. The number of rotatable bonds is 13. The predicted octanol–water partition coefficient (Wildman–Crippen LogP) is 2.76. The van der Waals surface area contributed by atoms with Crippen molar-refractivity contribution in [3.05, 3.63) is 12.2 Å². The molecule has 0 radical (unpaired) electrons. The van der Waals surface area contributed by atoms with Gasteiger partial charge in [0.15, 0.2) is 0 Å². The number of carbonyl (C=O) groups is 2. The summed E-state index contributed by atoms with van der Waals surface area (Å²) in [5.41, 5.74) is 0.324. The van der Waals surface area contributed by atoms with Gasteiger partial charge in [-0.1, -0.05) is 13.5 Å². The van der Waals surface area contributed by atoms with Crippen LogP contribution in [-0.2, 0) is 23.1 Å². The molecule has 0 rings (SSSR count). The zero-order valence-corrected chi connectivity index (χ0v) is 16.3. The highest BCUT2D eigenvalue weighted by molar-refractivity contribution is 6.67. The number of nitrogens with one attached hydrogen (secondary N) is 1. The number of ether oxygens (including phenoxy) is 2. The summed E-state index contributed by atoms with van der Waals surface area (Å²) in [4.78, 5) is 22.7. The third kappa shape index (κ3) is 9.69. The lowest BCUT2D eigenvalue weighted by Crippen LogP contribution is -2.41. The molecule has 0 atom stereocenters. The highest BCUT2D eigenvalue weighted by Crippen LogP contribution is 2.20. The van der Waals surface area contributed by atoms with Crippen LogP contribution in [0.3, 0.4) is 0 Å². The molecule has 0 heterocycles. The molecule has 1 amide bonds. The molecule has 140 valence electrons. The summed E-state index contributed by atoms with van der Waals surface area (Å²) in [6.07, 6.45) is 0.163. The van der Waals surface area contributed by atoms with E-state index in [2.05, 4.69) is 18.8 Å². The zero-order valence-electron chi connectivity index (χ0n) is 15.3. The van der Waals surface area contributed by atoms with Crippen LogP contribution in [0, 0.1) is 0 Å². The van der Waals surface area contributed by atoms with Gasteiger partial charge in [0.1, 0.15) is 6.61 Å². The lowest BCUT2D eigenvalue weighted by molar-refractivity contribution is -0.138. The van der Waals surface area contributed by atoms with Crippen LogP contribution in [0.4, 0.5) is 4.79 Å². The van der Waals surface area contributed by atoms with Crippen molar-refractivity contribution in [3.63, 3.8) is 0 Å². The van der Waals surface area contributed by atoms with E-state index < -0.39 is 20.6 Å². The summed E-state index contributed by atoms with van der Waals surface area (Å²) in [5, 5.41) is 2.52. The second kappa shape index (κ2) is 13.0. The van der Waals surface area contributed by atoms with Crippen molar-refractivity contribution >= 4 is 20.6 Å². The number of alkyl carbamates (subject to hydrolysis) is 1. The first-order valence-electron chi connectivity index (χ1n) is 8.41. The molecule has 0 aromatic carbocycles. The molecule has 7 nitrogen and oxygen atoms in total. The lowest BCUT2D eigenvalue weighted by atomic mass is 10.4. The Hall–Kier alpha value is -1.38. The summed E-state index contributed by atoms with van der Waals surface area (Å²) in [6.45, 7) is 12.9. The molecule has 0 aliphatic rings. The fourth-order valence-corrected chi connectivity index (χ4v) is 4.94. The molecule has 0 aromatic heterocycles. The van der Waals surface area contributed by atoms with Crippen LogP contribution in [0.2, 0.25) is 12.1 Å². The Morgan fingerprint density at radius 3 is 2.17 bits per heavy atom. The fraction of sp³-hybridized carbons (Fsp3) is 0.750. The Morgan fingerprint density at radius 2 is 1.67 bits per heavy atom. The molecule has 0 aromatic rings. The van der Waals surface area contributed by atoms with E-state index in [-0.39, 0.29) is 13.2 Å². The van der Waals surface area contributed by atoms with Crippen LogP contribution in [-0.4, -0.2) is 53.6 Å². The van der Waals surface area contributed by atoms with E-state index in [1.54, 1.807) is 6.92 Å². The monoisotopic (exact) mass is 361 g/mol. The first kappa shape index (κ1) is 22.6. The molecule has 0 saturated heterocycles.